The van der Waals surface area contributed by atoms with Crippen LogP contribution in [0.25, 0.3) is 5.57 Å². The largest absolute Gasteiger partial charge is 0.315 e. The zero-order chi connectivity index (χ0) is 19.1. The third-order valence-corrected chi connectivity index (χ3v) is 4.93. The summed E-state index contributed by atoms with van der Waals surface area (Å²) in [4.78, 5) is 2.38. The molecule has 0 amide bonds. The maximum atomic E-state index is 2.38. The molecule has 0 fully saturated rings. The molecule has 0 atom stereocenters. The Morgan fingerprint density at radius 2 is 1.70 bits per heavy atom. The van der Waals surface area contributed by atoms with Crippen LogP contribution in [-0.4, -0.2) is 0 Å². The molecule has 0 saturated heterocycles. The molecule has 1 nitrogen and oxygen atoms in total. The summed E-state index contributed by atoms with van der Waals surface area (Å²) in [6, 6.07) is 19.5. The van der Waals surface area contributed by atoms with Gasteiger partial charge in [0.1, 0.15) is 0 Å². The van der Waals surface area contributed by atoms with Crippen molar-refractivity contribution in [2.75, 3.05) is 4.90 Å². The first-order valence-corrected chi connectivity index (χ1v) is 9.87. The quantitative estimate of drug-likeness (QED) is 0.487. The van der Waals surface area contributed by atoms with Crippen LogP contribution in [0.4, 0.5) is 5.69 Å². The summed E-state index contributed by atoms with van der Waals surface area (Å²) in [5.74, 6) is 0. The van der Waals surface area contributed by atoms with E-state index in [1.807, 2.05) is 0 Å². The maximum Gasteiger partial charge on any atom is 0.0458 e. The van der Waals surface area contributed by atoms with Gasteiger partial charge in [-0.3, -0.25) is 0 Å². The van der Waals surface area contributed by atoms with Gasteiger partial charge in [-0.2, -0.15) is 0 Å². The number of rotatable bonds is 6. The SMILES string of the molecule is C/C=C(\C=C/CC)N(C1=CC=C(c2ccc(C)cc2)CC1)c1ccccc1. The van der Waals surface area contributed by atoms with Crippen LogP contribution in [0.5, 0.6) is 0 Å². The molecule has 0 heterocycles. The van der Waals surface area contributed by atoms with Crippen LogP contribution in [0.15, 0.2) is 96.4 Å². The molecule has 0 spiro atoms. The van der Waals surface area contributed by atoms with Gasteiger partial charge in [-0.05, 0) is 68.5 Å². The van der Waals surface area contributed by atoms with Crippen molar-refractivity contribution in [1.82, 2.24) is 0 Å². The minimum atomic E-state index is 1.03. The average Bonchev–Trinajstić information content (AvgIpc) is 2.72. The Balaban J connectivity index is 1.95. The lowest BCUT2D eigenvalue weighted by atomic mass is 9.94. The lowest BCUT2D eigenvalue weighted by molar-refractivity contribution is 0.910. The van der Waals surface area contributed by atoms with E-state index < -0.39 is 0 Å². The van der Waals surface area contributed by atoms with Crippen molar-refractivity contribution < 1.29 is 0 Å². The van der Waals surface area contributed by atoms with E-state index in [9.17, 15) is 0 Å². The van der Waals surface area contributed by atoms with E-state index in [1.165, 1.54) is 33.8 Å². The van der Waals surface area contributed by atoms with E-state index in [0.717, 1.165) is 19.3 Å². The number of aryl methyl sites for hydroxylation is 1. The molecule has 0 aliphatic heterocycles. The van der Waals surface area contributed by atoms with E-state index in [-0.39, 0.29) is 0 Å². The third kappa shape index (κ3) is 4.68. The van der Waals surface area contributed by atoms with Gasteiger partial charge >= 0.3 is 0 Å². The normalized spacial score (nSPS) is 14.9. The summed E-state index contributed by atoms with van der Waals surface area (Å²) in [7, 11) is 0. The Morgan fingerprint density at radius 1 is 0.963 bits per heavy atom. The number of hydrogen-bond acceptors (Lipinski definition) is 1. The van der Waals surface area contributed by atoms with Crippen LogP contribution >= 0.6 is 0 Å². The first kappa shape index (κ1) is 19.0. The number of nitrogens with zero attached hydrogens (tertiary/aromatic N) is 1. The fourth-order valence-electron chi connectivity index (χ4n) is 3.42. The molecule has 1 aliphatic rings. The second-order valence-corrected chi connectivity index (χ2v) is 6.91. The topological polar surface area (TPSA) is 3.24 Å². The van der Waals surface area contributed by atoms with Gasteiger partial charge in [0.15, 0.2) is 0 Å². The average molecular weight is 356 g/mol. The molecule has 0 radical (unpaired) electrons. The Hall–Kier alpha value is -2.80. The minimum Gasteiger partial charge on any atom is -0.315 e. The molecule has 0 saturated carbocycles. The van der Waals surface area contributed by atoms with Crippen molar-refractivity contribution in [3.63, 3.8) is 0 Å². The molecule has 138 valence electrons. The van der Waals surface area contributed by atoms with Gasteiger partial charge in [0.2, 0.25) is 0 Å². The number of para-hydroxylation sites is 1. The zero-order valence-corrected chi connectivity index (χ0v) is 16.7. The lowest BCUT2D eigenvalue weighted by Crippen LogP contribution is -2.22. The van der Waals surface area contributed by atoms with Gasteiger partial charge in [-0.1, -0.05) is 73.2 Å². The van der Waals surface area contributed by atoms with Gasteiger partial charge in [0, 0.05) is 17.1 Å². The number of hydrogen-bond donors (Lipinski definition) is 0. The summed E-state index contributed by atoms with van der Waals surface area (Å²) < 4.78 is 0. The first-order chi connectivity index (χ1) is 13.2. The fourth-order valence-corrected chi connectivity index (χ4v) is 3.42. The van der Waals surface area contributed by atoms with E-state index in [2.05, 4.69) is 111 Å². The highest BCUT2D eigenvalue weighted by Crippen LogP contribution is 2.33. The highest BCUT2D eigenvalue weighted by Gasteiger charge is 2.17. The molecule has 0 N–H and O–H groups in total. The molecule has 2 aromatic carbocycles. The van der Waals surface area contributed by atoms with Crippen molar-refractivity contribution in [3.8, 4) is 0 Å². The van der Waals surface area contributed by atoms with Gasteiger partial charge in [0.25, 0.3) is 0 Å². The minimum absolute atomic E-state index is 1.03. The second-order valence-electron chi connectivity index (χ2n) is 6.91. The van der Waals surface area contributed by atoms with Crippen LogP contribution in [0, 0.1) is 6.92 Å². The van der Waals surface area contributed by atoms with E-state index >= 15 is 0 Å². The second kappa shape index (κ2) is 9.23. The Labute approximate surface area is 164 Å². The van der Waals surface area contributed by atoms with Crippen molar-refractivity contribution in [2.45, 2.75) is 40.0 Å². The van der Waals surface area contributed by atoms with Crippen LogP contribution in [0.2, 0.25) is 0 Å². The maximum absolute atomic E-state index is 2.38. The molecule has 0 bridgehead atoms. The van der Waals surface area contributed by atoms with Crippen molar-refractivity contribution in [1.29, 1.82) is 0 Å². The molecular weight excluding hydrogens is 326 g/mol. The summed E-state index contributed by atoms with van der Waals surface area (Å²) in [5.41, 5.74) is 7.83. The summed E-state index contributed by atoms with van der Waals surface area (Å²) in [6.45, 7) is 6.42. The first-order valence-electron chi connectivity index (χ1n) is 9.87. The number of benzene rings is 2. The van der Waals surface area contributed by atoms with Gasteiger partial charge < -0.3 is 4.90 Å². The molecule has 3 rings (SSSR count). The van der Waals surface area contributed by atoms with Crippen LogP contribution < -0.4 is 4.90 Å². The molecule has 0 unspecified atom stereocenters. The van der Waals surface area contributed by atoms with Crippen molar-refractivity contribution in [3.05, 3.63) is 107 Å². The van der Waals surface area contributed by atoms with Gasteiger partial charge in [-0.25, -0.2) is 0 Å². The van der Waals surface area contributed by atoms with E-state index in [4.69, 9.17) is 0 Å². The molecule has 1 heteroatoms. The van der Waals surface area contributed by atoms with Crippen molar-refractivity contribution >= 4 is 11.3 Å². The fraction of sp³-hybridized carbons (Fsp3) is 0.231. The van der Waals surface area contributed by atoms with Crippen LogP contribution in [0.3, 0.4) is 0 Å². The van der Waals surface area contributed by atoms with Crippen LogP contribution in [-0.2, 0) is 0 Å². The van der Waals surface area contributed by atoms with Crippen LogP contribution in [0.1, 0.15) is 44.2 Å². The molecular formula is C26H29N. The molecule has 27 heavy (non-hydrogen) atoms. The Kier molecular flexibility index (Phi) is 6.49. The van der Waals surface area contributed by atoms with Gasteiger partial charge in [-0.15, -0.1) is 0 Å². The summed E-state index contributed by atoms with van der Waals surface area (Å²) >= 11 is 0. The lowest BCUT2D eigenvalue weighted by Gasteiger charge is -2.30. The third-order valence-electron chi connectivity index (χ3n) is 4.93. The van der Waals surface area contributed by atoms with E-state index in [1.54, 1.807) is 0 Å². The predicted molar refractivity (Wildman–Crippen MR) is 119 cm³/mol. The van der Waals surface area contributed by atoms with Crippen molar-refractivity contribution in [2.24, 2.45) is 0 Å². The van der Waals surface area contributed by atoms with Gasteiger partial charge in [0.05, 0.1) is 0 Å². The monoisotopic (exact) mass is 355 g/mol. The molecule has 2 aromatic rings. The highest BCUT2D eigenvalue weighted by molar-refractivity contribution is 5.71. The van der Waals surface area contributed by atoms with E-state index in [0.29, 0.717) is 0 Å². The standard InChI is InChI=1S/C26H29N/c1-4-6-10-24(5-2)27(25-11-8-7-9-12-25)26-19-17-23(18-20-26)22-15-13-21(3)14-16-22/h5-17,19H,4,18,20H2,1-3H3/b10-6-,24-5+. The highest BCUT2D eigenvalue weighted by atomic mass is 15.2. The smallest absolute Gasteiger partial charge is 0.0458 e. The number of allylic oxidation sites excluding steroid dienone is 7. The summed E-state index contributed by atoms with van der Waals surface area (Å²) in [5, 5.41) is 0. The summed E-state index contributed by atoms with van der Waals surface area (Å²) in [6.07, 6.45) is 14.4. The zero-order valence-electron chi connectivity index (χ0n) is 16.7. The Morgan fingerprint density at radius 3 is 2.30 bits per heavy atom. The predicted octanol–water partition coefficient (Wildman–Crippen LogP) is 7.43. The molecule has 0 aromatic heterocycles. The number of anilines is 1. The molecule has 1 aliphatic carbocycles. The Bertz CT molecular complexity index is 864.